The summed E-state index contributed by atoms with van der Waals surface area (Å²) in [5.41, 5.74) is 4.51. The molecule has 0 aliphatic heterocycles. The van der Waals surface area contributed by atoms with Crippen molar-refractivity contribution < 1.29 is 19.4 Å². The van der Waals surface area contributed by atoms with Gasteiger partial charge in [-0.15, -0.1) is 11.3 Å². The number of nitrogens with zero attached hydrogens (tertiary/aromatic N) is 1. The van der Waals surface area contributed by atoms with E-state index in [1.807, 2.05) is 36.4 Å². The van der Waals surface area contributed by atoms with Crippen molar-refractivity contribution in [2.75, 3.05) is 13.2 Å². The van der Waals surface area contributed by atoms with Crippen LogP contribution in [0.3, 0.4) is 0 Å². The highest BCUT2D eigenvalue weighted by Gasteiger charge is 2.35. The monoisotopic (exact) mass is 563 g/mol. The Morgan fingerprint density at radius 1 is 1.10 bits per heavy atom. The average Bonchev–Trinajstić information content (AvgIpc) is 3.26. The van der Waals surface area contributed by atoms with Gasteiger partial charge in [-0.3, -0.25) is 4.90 Å². The molecule has 1 aliphatic carbocycles. The highest BCUT2D eigenvalue weighted by molar-refractivity contribution is 9.13. The van der Waals surface area contributed by atoms with E-state index in [0.717, 1.165) is 30.5 Å². The summed E-state index contributed by atoms with van der Waals surface area (Å²) in [6.07, 6.45) is -0.641. The molecule has 8 heteroatoms. The van der Waals surface area contributed by atoms with Gasteiger partial charge in [0.25, 0.3) is 0 Å². The summed E-state index contributed by atoms with van der Waals surface area (Å²) in [7, 11) is 0. The summed E-state index contributed by atoms with van der Waals surface area (Å²) in [6, 6.07) is 16.8. The van der Waals surface area contributed by atoms with Gasteiger partial charge >= 0.3 is 12.1 Å². The number of benzene rings is 2. The van der Waals surface area contributed by atoms with Crippen molar-refractivity contribution >= 4 is 55.3 Å². The van der Waals surface area contributed by atoms with Crippen molar-refractivity contribution in [3.63, 3.8) is 0 Å². The van der Waals surface area contributed by atoms with Crippen LogP contribution in [0.4, 0.5) is 4.79 Å². The summed E-state index contributed by atoms with van der Waals surface area (Å²) in [5, 5.41) is 9.84. The Balaban J connectivity index is 1.56. The SMILES string of the molecule is CCN(C(=O)OCC1c2ccccc2-c2ccccc21)C(C(=O)O)c1cc(Br)c(Br)s1. The van der Waals surface area contributed by atoms with Crippen molar-refractivity contribution in [2.24, 2.45) is 0 Å². The number of hydrogen-bond donors (Lipinski definition) is 1. The van der Waals surface area contributed by atoms with Gasteiger partial charge in [-0.2, -0.15) is 0 Å². The lowest BCUT2D eigenvalue weighted by Gasteiger charge is -2.27. The molecule has 160 valence electrons. The van der Waals surface area contributed by atoms with Crippen LogP contribution in [0.5, 0.6) is 0 Å². The first-order valence-electron chi connectivity index (χ1n) is 9.71. The summed E-state index contributed by atoms with van der Waals surface area (Å²) in [6.45, 7) is 2.10. The predicted octanol–water partition coefficient (Wildman–Crippen LogP) is 6.67. The lowest BCUT2D eigenvalue weighted by molar-refractivity contribution is -0.142. The maximum Gasteiger partial charge on any atom is 0.410 e. The third kappa shape index (κ3) is 4.16. The molecular weight excluding hydrogens is 546 g/mol. The molecule has 1 heterocycles. The topological polar surface area (TPSA) is 66.8 Å². The second-order valence-corrected chi connectivity index (χ2v) is 10.4. The number of carbonyl (C=O) groups is 2. The number of aliphatic carboxylic acids is 1. The molecule has 0 bridgehead atoms. The molecule has 1 atom stereocenters. The van der Waals surface area contributed by atoms with Gasteiger partial charge in [-0.05, 0) is 67.1 Å². The third-order valence-corrected chi connectivity index (χ3v) is 8.70. The minimum absolute atomic E-state index is 0.0802. The van der Waals surface area contributed by atoms with Gasteiger partial charge in [0.05, 0.1) is 3.79 Å². The molecule has 1 amide bonds. The Morgan fingerprint density at radius 2 is 1.68 bits per heavy atom. The Hall–Kier alpha value is -2.16. The number of rotatable bonds is 6. The molecule has 0 spiro atoms. The molecule has 4 rings (SSSR count). The highest BCUT2D eigenvalue weighted by atomic mass is 79.9. The van der Waals surface area contributed by atoms with E-state index in [9.17, 15) is 14.7 Å². The Morgan fingerprint density at radius 3 is 2.16 bits per heavy atom. The lowest BCUT2D eigenvalue weighted by Crippen LogP contribution is -2.39. The molecule has 1 N–H and O–H groups in total. The van der Waals surface area contributed by atoms with Crippen LogP contribution in [0.25, 0.3) is 11.1 Å². The zero-order valence-corrected chi connectivity index (χ0v) is 20.5. The lowest BCUT2D eigenvalue weighted by atomic mass is 9.98. The van der Waals surface area contributed by atoms with Crippen LogP contribution in [0.2, 0.25) is 0 Å². The second-order valence-electron chi connectivity index (χ2n) is 7.10. The molecule has 0 radical (unpaired) electrons. The maximum atomic E-state index is 13.0. The molecule has 5 nitrogen and oxygen atoms in total. The molecule has 1 aliphatic rings. The molecular formula is C23H19Br2NO4S. The Bertz CT molecular complexity index is 1080. The van der Waals surface area contributed by atoms with Crippen molar-refractivity contribution in [1.29, 1.82) is 0 Å². The number of carboxylic acids is 1. The van der Waals surface area contributed by atoms with Crippen molar-refractivity contribution in [2.45, 2.75) is 18.9 Å². The fourth-order valence-electron chi connectivity index (χ4n) is 4.00. The summed E-state index contributed by atoms with van der Waals surface area (Å²) >= 11 is 8.05. The first-order valence-corrected chi connectivity index (χ1v) is 12.1. The standard InChI is InChI=1S/C23H19Br2NO4S/c1-2-26(20(22(27)28)19-11-18(24)21(25)31-19)23(29)30-12-17-15-9-5-3-7-13(15)14-8-4-6-10-16(14)17/h3-11,17,20H,2,12H2,1H3,(H,27,28). The van der Waals surface area contributed by atoms with Gasteiger partial charge in [0.15, 0.2) is 6.04 Å². The maximum absolute atomic E-state index is 13.0. The van der Waals surface area contributed by atoms with E-state index >= 15 is 0 Å². The summed E-state index contributed by atoms with van der Waals surface area (Å²) in [4.78, 5) is 26.8. The van der Waals surface area contributed by atoms with Crippen molar-refractivity contribution in [3.8, 4) is 11.1 Å². The van der Waals surface area contributed by atoms with Gasteiger partial charge in [0.2, 0.25) is 0 Å². The van der Waals surface area contributed by atoms with Crippen molar-refractivity contribution in [1.82, 2.24) is 4.90 Å². The number of thiophene rings is 1. The number of halogens is 2. The zero-order chi connectivity index (χ0) is 22.1. The predicted molar refractivity (Wildman–Crippen MR) is 128 cm³/mol. The van der Waals surface area contributed by atoms with Crippen LogP contribution >= 0.6 is 43.2 Å². The van der Waals surface area contributed by atoms with E-state index in [2.05, 4.69) is 44.0 Å². The normalized spacial score (nSPS) is 13.4. The van der Waals surface area contributed by atoms with Gasteiger partial charge in [0, 0.05) is 21.8 Å². The molecule has 3 aromatic rings. The van der Waals surface area contributed by atoms with Crippen LogP contribution in [-0.2, 0) is 9.53 Å². The van der Waals surface area contributed by atoms with E-state index in [1.54, 1.807) is 13.0 Å². The summed E-state index contributed by atoms with van der Waals surface area (Å²) in [5.74, 6) is -1.18. The molecule has 2 aromatic carbocycles. The largest absolute Gasteiger partial charge is 0.479 e. The van der Waals surface area contributed by atoms with Crippen molar-refractivity contribution in [3.05, 3.63) is 78.9 Å². The molecule has 31 heavy (non-hydrogen) atoms. The zero-order valence-electron chi connectivity index (χ0n) is 16.5. The highest BCUT2D eigenvalue weighted by Crippen LogP contribution is 2.44. The fourth-order valence-corrected chi connectivity index (χ4v) is 6.20. The minimum Gasteiger partial charge on any atom is -0.479 e. The number of carboxylic acid groups (broad SMARTS) is 1. The Kier molecular flexibility index (Phi) is 6.50. The van der Waals surface area contributed by atoms with Gasteiger partial charge in [-0.25, -0.2) is 9.59 Å². The van der Waals surface area contributed by atoms with Crippen LogP contribution in [0, 0.1) is 0 Å². The van der Waals surface area contributed by atoms with E-state index in [1.165, 1.54) is 16.2 Å². The van der Waals surface area contributed by atoms with Crippen LogP contribution < -0.4 is 0 Å². The number of amides is 1. The number of hydrogen-bond acceptors (Lipinski definition) is 4. The minimum atomic E-state index is -1.12. The molecule has 0 saturated carbocycles. The molecule has 1 unspecified atom stereocenters. The number of likely N-dealkylation sites (N-methyl/N-ethyl adjacent to an activating group) is 1. The molecule has 0 saturated heterocycles. The second kappa shape index (κ2) is 9.14. The van der Waals surface area contributed by atoms with Crippen LogP contribution in [0.15, 0.2) is 62.9 Å². The summed E-state index contributed by atoms with van der Waals surface area (Å²) < 4.78 is 7.21. The van der Waals surface area contributed by atoms with E-state index < -0.39 is 18.1 Å². The fraction of sp³-hybridized carbons (Fsp3) is 0.217. The number of fused-ring (bicyclic) bond motifs is 3. The third-order valence-electron chi connectivity index (χ3n) is 5.39. The smallest absolute Gasteiger partial charge is 0.410 e. The molecule has 1 aromatic heterocycles. The van der Waals surface area contributed by atoms with Gasteiger partial charge in [-0.1, -0.05) is 48.5 Å². The Labute approximate surface area is 200 Å². The average molecular weight is 565 g/mol. The van der Waals surface area contributed by atoms with Gasteiger partial charge < -0.3 is 9.84 Å². The first kappa shape index (κ1) is 22.0. The van der Waals surface area contributed by atoms with Crippen LogP contribution in [0.1, 0.15) is 34.9 Å². The number of carbonyl (C=O) groups excluding carboxylic acids is 1. The molecule has 0 fully saturated rings. The van der Waals surface area contributed by atoms with E-state index in [-0.39, 0.29) is 19.1 Å². The quantitative estimate of drug-likeness (QED) is 0.363. The van der Waals surface area contributed by atoms with E-state index in [4.69, 9.17) is 4.74 Å². The first-order chi connectivity index (χ1) is 14.9. The number of ether oxygens (including phenoxy) is 1. The van der Waals surface area contributed by atoms with Crippen LogP contribution in [-0.4, -0.2) is 35.2 Å². The van der Waals surface area contributed by atoms with Gasteiger partial charge in [0.1, 0.15) is 6.61 Å². The van der Waals surface area contributed by atoms with E-state index in [0.29, 0.717) is 4.88 Å².